The summed E-state index contributed by atoms with van der Waals surface area (Å²) in [4.78, 5) is 33.4. The monoisotopic (exact) mass is 478 g/mol. The molecule has 0 bridgehead atoms. The quantitative estimate of drug-likeness (QED) is 0.355. The number of fused-ring (bicyclic) bond motifs is 2. The highest BCUT2D eigenvalue weighted by molar-refractivity contribution is 5.94. The van der Waals surface area contributed by atoms with Gasteiger partial charge >= 0.3 is 0 Å². The summed E-state index contributed by atoms with van der Waals surface area (Å²) in [7, 11) is 0. The molecule has 1 amide bonds. The molecule has 0 atom stereocenters. The molecule has 2 heterocycles. The van der Waals surface area contributed by atoms with Gasteiger partial charge in [0, 0.05) is 29.2 Å². The van der Waals surface area contributed by atoms with Gasteiger partial charge in [0.1, 0.15) is 5.69 Å². The number of hydrogen-bond donors (Lipinski definition) is 2. The first-order chi connectivity index (χ1) is 17.3. The van der Waals surface area contributed by atoms with Crippen LogP contribution in [-0.2, 0) is 13.0 Å². The summed E-state index contributed by atoms with van der Waals surface area (Å²) in [6, 6.07) is 17.8. The molecule has 0 aliphatic carbocycles. The maximum atomic E-state index is 12.9. The molecule has 5 aromatic rings. The second kappa shape index (κ2) is 9.46. The van der Waals surface area contributed by atoms with E-state index in [1.807, 2.05) is 56.4 Å². The first-order valence-corrected chi connectivity index (χ1v) is 12.2. The van der Waals surface area contributed by atoms with Crippen molar-refractivity contribution < 1.29 is 4.79 Å². The number of amides is 1. The van der Waals surface area contributed by atoms with Crippen LogP contribution in [0.2, 0.25) is 0 Å². The third kappa shape index (κ3) is 4.54. The summed E-state index contributed by atoms with van der Waals surface area (Å²) < 4.78 is 1.77. The van der Waals surface area contributed by atoms with E-state index in [-0.39, 0.29) is 11.5 Å². The molecule has 0 fully saturated rings. The van der Waals surface area contributed by atoms with Gasteiger partial charge in [0.25, 0.3) is 11.5 Å². The Labute approximate surface area is 210 Å². The van der Waals surface area contributed by atoms with Crippen molar-refractivity contribution in [1.82, 2.24) is 19.9 Å². The highest BCUT2D eigenvalue weighted by atomic mass is 16.1. The maximum Gasteiger partial charge on any atom is 0.272 e. The molecule has 0 aliphatic rings. The molecule has 36 heavy (non-hydrogen) atoms. The minimum Gasteiger partial charge on any atom is -0.361 e. The normalized spacial score (nSPS) is 11.3. The van der Waals surface area contributed by atoms with Crippen LogP contribution in [0.25, 0.3) is 21.9 Å². The molecule has 3 aromatic carbocycles. The molecule has 0 radical (unpaired) electrons. The fraction of sp³-hybridized carbons (Fsp3) is 0.233. The van der Waals surface area contributed by atoms with E-state index in [1.54, 1.807) is 11.5 Å². The summed E-state index contributed by atoms with van der Waals surface area (Å²) in [5.41, 5.74) is 9.36. The second-order valence-corrected chi connectivity index (χ2v) is 9.58. The van der Waals surface area contributed by atoms with Crippen molar-refractivity contribution in [3.63, 3.8) is 0 Å². The fourth-order valence-corrected chi connectivity index (χ4v) is 4.64. The van der Waals surface area contributed by atoms with E-state index in [1.165, 1.54) is 16.5 Å². The highest BCUT2D eigenvalue weighted by Gasteiger charge is 2.12. The molecule has 6 nitrogen and oxygen atoms in total. The van der Waals surface area contributed by atoms with Crippen LogP contribution in [0.1, 0.15) is 43.9 Å². The Morgan fingerprint density at radius 3 is 2.50 bits per heavy atom. The van der Waals surface area contributed by atoms with Crippen LogP contribution in [0.4, 0.5) is 0 Å². The molecule has 182 valence electrons. The van der Waals surface area contributed by atoms with Gasteiger partial charge in [0.2, 0.25) is 0 Å². The number of rotatable bonds is 6. The van der Waals surface area contributed by atoms with Crippen molar-refractivity contribution in [1.29, 1.82) is 0 Å². The first kappa shape index (κ1) is 23.5. The van der Waals surface area contributed by atoms with Gasteiger partial charge in [-0.25, -0.2) is 4.98 Å². The minimum atomic E-state index is -0.106. The van der Waals surface area contributed by atoms with Crippen molar-refractivity contribution in [3.8, 4) is 0 Å². The zero-order chi connectivity index (χ0) is 25.4. The Balaban J connectivity index is 1.28. The minimum absolute atomic E-state index is 0.0972. The summed E-state index contributed by atoms with van der Waals surface area (Å²) in [6.07, 6.45) is 2.77. The standard InChI is InChI=1S/C30H30N4O2/c1-18-5-10-26-25(13-18)24(16-32-26)11-12-31-29(35)23-8-6-22(7-9-23)17-34-28-15-20(3)19(2)14-27(28)33-21(4)30(34)36/h5-10,13-16,32H,11-12,17H2,1-4H3,(H,31,35). The van der Waals surface area contributed by atoms with Crippen LogP contribution < -0.4 is 10.9 Å². The van der Waals surface area contributed by atoms with Crippen LogP contribution in [0.5, 0.6) is 0 Å². The molecule has 0 spiro atoms. The lowest BCUT2D eigenvalue weighted by molar-refractivity contribution is 0.0954. The van der Waals surface area contributed by atoms with E-state index in [2.05, 4.69) is 40.4 Å². The van der Waals surface area contributed by atoms with Crippen LogP contribution in [0.15, 0.2) is 65.6 Å². The average molecular weight is 479 g/mol. The molecule has 2 N–H and O–H groups in total. The van der Waals surface area contributed by atoms with Gasteiger partial charge in [-0.1, -0.05) is 23.8 Å². The molecule has 2 aromatic heterocycles. The van der Waals surface area contributed by atoms with Crippen molar-refractivity contribution in [2.75, 3.05) is 6.54 Å². The van der Waals surface area contributed by atoms with Gasteiger partial charge in [0.05, 0.1) is 17.6 Å². The predicted octanol–water partition coefficient (Wildman–Crippen LogP) is 5.13. The first-order valence-electron chi connectivity index (χ1n) is 12.2. The number of carbonyl (C=O) groups is 1. The topological polar surface area (TPSA) is 79.8 Å². The van der Waals surface area contributed by atoms with E-state index in [0.717, 1.165) is 39.7 Å². The molecule has 5 rings (SSSR count). The lowest BCUT2D eigenvalue weighted by Gasteiger charge is -2.13. The largest absolute Gasteiger partial charge is 0.361 e. The summed E-state index contributed by atoms with van der Waals surface area (Å²) >= 11 is 0. The lowest BCUT2D eigenvalue weighted by atomic mass is 10.1. The highest BCUT2D eigenvalue weighted by Crippen LogP contribution is 2.20. The molecule has 6 heteroatoms. The number of H-pyrrole nitrogens is 1. The van der Waals surface area contributed by atoms with E-state index in [0.29, 0.717) is 24.3 Å². The smallest absolute Gasteiger partial charge is 0.272 e. The summed E-state index contributed by atoms with van der Waals surface area (Å²) in [5, 5.41) is 4.22. The van der Waals surface area contributed by atoms with Gasteiger partial charge in [-0.3, -0.25) is 9.59 Å². The van der Waals surface area contributed by atoms with Gasteiger partial charge in [0.15, 0.2) is 0 Å². The average Bonchev–Trinajstić information content (AvgIpc) is 3.25. The fourth-order valence-electron chi connectivity index (χ4n) is 4.64. The zero-order valence-corrected chi connectivity index (χ0v) is 21.1. The number of aromatic nitrogens is 3. The Morgan fingerprint density at radius 1 is 0.972 bits per heavy atom. The number of nitrogens with one attached hydrogen (secondary N) is 2. The van der Waals surface area contributed by atoms with Gasteiger partial charge in [-0.05, 0) is 92.8 Å². The summed E-state index contributed by atoms with van der Waals surface area (Å²) in [5.74, 6) is -0.106. The molecule has 0 saturated carbocycles. The van der Waals surface area contributed by atoms with Crippen LogP contribution in [0, 0.1) is 27.7 Å². The van der Waals surface area contributed by atoms with Gasteiger partial charge in [-0.2, -0.15) is 0 Å². The molecular formula is C30H30N4O2. The van der Waals surface area contributed by atoms with E-state index >= 15 is 0 Å². The molecule has 0 saturated heterocycles. The van der Waals surface area contributed by atoms with Crippen molar-refractivity contribution in [3.05, 3.63) is 110 Å². The molecule has 0 unspecified atom stereocenters. The number of aryl methyl sites for hydroxylation is 4. The summed E-state index contributed by atoms with van der Waals surface area (Å²) in [6.45, 7) is 8.89. The Hall–Kier alpha value is -4.19. The SMILES string of the molecule is Cc1ccc2[nH]cc(CCNC(=O)c3ccc(Cn4c(=O)c(C)nc5cc(C)c(C)cc54)cc3)c2c1. The Morgan fingerprint density at radius 2 is 1.72 bits per heavy atom. The van der Waals surface area contributed by atoms with Crippen LogP contribution >= 0.6 is 0 Å². The van der Waals surface area contributed by atoms with Crippen molar-refractivity contribution >= 4 is 27.8 Å². The number of nitrogens with zero attached hydrogens (tertiary/aromatic N) is 2. The second-order valence-electron chi connectivity index (χ2n) is 9.58. The third-order valence-corrected chi connectivity index (χ3v) is 6.88. The lowest BCUT2D eigenvalue weighted by Crippen LogP contribution is -2.26. The van der Waals surface area contributed by atoms with E-state index in [9.17, 15) is 9.59 Å². The Kier molecular flexibility index (Phi) is 6.18. The maximum absolute atomic E-state index is 12.9. The van der Waals surface area contributed by atoms with Crippen molar-refractivity contribution in [2.45, 2.75) is 40.7 Å². The number of carbonyl (C=O) groups excluding carboxylic acids is 1. The molecule has 0 aliphatic heterocycles. The van der Waals surface area contributed by atoms with Crippen molar-refractivity contribution in [2.24, 2.45) is 0 Å². The predicted molar refractivity (Wildman–Crippen MR) is 145 cm³/mol. The Bertz CT molecular complexity index is 1660. The molecular weight excluding hydrogens is 448 g/mol. The third-order valence-electron chi connectivity index (χ3n) is 6.88. The van der Waals surface area contributed by atoms with Crippen LogP contribution in [0.3, 0.4) is 0 Å². The van der Waals surface area contributed by atoms with Gasteiger partial charge in [-0.15, -0.1) is 0 Å². The van der Waals surface area contributed by atoms with E-state index in [4.69, 9.17) is 0 Å². The number of hydrogen-bond acceptors (Lipinski definition) is 3. The van der Waals surface area contributed by atoms with Crippen LogP contribution in [-0.4, -0.2) is 27.0 Å². The number of aromatic amines is 1. The number of benzene rings is 3. The zero-order valence-electron chi connectivity index (χ0n) is 21.1. The van der Waals surface area contributed by atoms with E-state index < -0.39 is 0 Å². The van der Waals surface area contributed by atoms with Gasteiger partial charge < -0.3 is 14.9 Å².